The predicted octanol–water partition coefficient (Wildman–Crippen LogP) is 2.81. The lowest BCUT2D eigenvalue weighted by Gasteiger charge is -2.27. The summed E-state index contributed by atoms with van der Waals surface area (Å²) < 4.78 is 13.5. The zero-order valence-electron chi connectivity index (χ0n) is 9.68. The molecule has 0 aliphatic heterocycles. The van der Waals surface area contributed by atoms with Crippen molar-refractivity contribution in [2.24, 2.45) is 11.1 Å². The second kappa shape index (κ2) is 5.19. The summed E-state index contributed by atoms with van der Waals surface area (Å²) in [4.78, 5) is 3.95. The van der Waals surface area contributed by atoms with Gasteiger partial charge in [0.1, 0.15) is 0 Å². The molecule has 0 bridgehead atoms. The summed E-state index contributed by atoms with van der Waals surface area (Å²) in [6.07, 6.45) is 6.05. The van der Waals surface area contributed by atoms with Crippen molar-refractivity contribution in [3.8, 4) is 0 Å². The van der Waals surface area contributed by atoms with Gasteiger partial charge in [0.25, 0.3) is 0 Å². The molecule has 1 saturated carbocycles. The van der Waals surface area contributed by atoms with Gasteiger partial charge in [0.15, 0.2) is 11.6 Å². The third-order valence-corrected chi connectivity index (χ3v) is 3.74. The molecule has 0 aromatic carbocycles. The molecule has 1 aromatic rings. The largest absolute Gasteiger partial charge is 0.367 e. The van der Waals surface area contributed by atoms with E-state index in [-0.39, 0.29) is 11.2 Å². The van der Waals surface area contributed by atoms with Crippen LogP contribution >= 0.6 is 11.6 Å². The van der Waals surface area contributed by atoms with Gasteiger partial charge in [0, 0.05) is 12.7 Å². The van der Waals surface area contributed by atoms with Crippen LogP contribution in [-0.4, -0.2) is 18.1 Å². The fourth-order valence-corrected chi connectivity index (χ4v) is 2.54. The molecule has 94 valence electrons. The van der Waals surface area contributed by atoms with Gasteiger partial charge in [-0.15, -0.1) is 0 Å². The first-order valence-electron chi connectivity index (χ1n) is 5.90. The summed E-state index contributed by atoms with van der Waals surface area (Å²) >= 11 is 5.65. The maximum Gasteiger partial charge on any atom is 0.166 e. The fourth-order valence-electron chi connectivity index (χ4n) is 2.39. The van der Waals surface area contributed by atoms with Crippen LogP contribution in [0.3, 0.4) is 0 Å². The van der Waals surface area contributed by atoms with Gasteiger partial charge in [-0.1, -0.05) is 24.4 Å². The standard InChI is InChI=1S/C12H17ClFN3/c13-9-5-10(14)11(16-6-9)17-8-12(7-15)3-1-2-4-12/h5-6H,1-4,7-8,15H2,(H,16,17). The molecule has 0 amide bonds. The molecule has 17 heavy (non-hydrogen) atoms. The van der Waals surface area contributed by atoms with Crippen molar-refractivity contribution in [1.82, 2.24) is 4.98 Å². The quantitative estimate of drug-likeness (QED) is 0.872. The topological polar surface area (TPSA) is 50.9 Å². The van der Waals surface area contributed by atoms with Crippen molar-refractivity contribution in [2.75, 3.05) is 18.4 Å². The summed E-state index contributed by atoms with van der Waals surface area (Å²) in [6.45, 7) is 1.31. The first kappa shape index (κ1) is 12.6. The number of nitrogens with two attached hydrogens (primary N) is 1. The average molecular weight is 258 g/mol. The van der Waals surface area contributed by atoms with Crippen LogP contribution in [0.25, 0.3) is 0 Å². The number of halogens is 2. The van der Waals surface area contributed by atoms with E-state index in [9.17, 15) is 4.39 Å². The number of nitrogens with one attached hydrogen (secondary N) is 1. The Labute approximate surface area is 106 Å². The maximum absolute atomic E-state index is 13.5. The van der Waals surface area contributed by atoms with Crippen molar-refractivity contribution in [3.05, 3.63) is 23.1 Å². The van der Waals surface area contributed by atoms with E-state index >= 15 is 0 Å². The smallest absolute Gasteiger partial charge is 0.166 e. The lowest BCUT2D eigenvalue weighted by atomic mass is 9.86. The van der Waals surface area contributed by atoms with Gasteiger partial charge in [-0.3, -0.25) is 0 Å². The molecule has 0 saturated heterocycles. The monoisotopic (exact) mass is 257 g/mol. The lowest BCUT2D eigenvalue weighted by molar-refractivity contribution is 0.331. The Kier molecular flexibility index (Phi) is 3.84. The van der Waals surface area contributed by atoms with Crippen LogP contribution in [0.5, 0.6) is 0 Å². The summed E-state index contributed by atoms with van der Waals surface area (Å²) in [6, 6.07) is 1.26. The minimum atomic E-state index is -0.414. The van der Waals surface area contributed by atoms with Crippen LogP contribution < -0.4 is 11.1 Å². The van der Waals surface area contributed by atoms with Gasteiger partial charge in [-0.2, -0.15) is 0 Å². The van der Waals surface area contributed by atoms with Crippen LogP contribution in [0.4, 0.5) is 10.2 Å². The number of aromatic nitrogens is 1. The van der Waals surface area contributed by atoms with E-state index in [4.69, 9.17) is 17.3 Å². The van der Waals surface area contributed by atoms with Crippen molar-refractivity contribution in [3.63, 3.8) is 0 Å². The minimum absolute atomic E-state index is 0.105. The molecule has 0 unspecified atom stereocenters. The highest BCUT2D eigenvalue weighted by Gasteiger charge is 2.32. The molecule has 3 nitrogen and oxygen atoms in total. The van der Waals surface area contributed by atoms with Crippen molar-refractivity contribution in [2.45, 2.75) is 25.7 Å². The molecule has 0 radical (unpaired) electrons. The third-order valence-electron chi connectivity index (χ3n) is 3.54. The number of hydrogen-bond donors (Lipinski definition) is 2. The highest BCUT2D eigenvalue weighted by Crippen LogP contribution is 2.37. The van der Waals surface area contributed by atoms with E-state index in [1.54, 1.807) is 0 Å². The van der Waals surface area contributed by atoms with Gasteiger partial charge in [-0.05, 0) is 30.9 Å². The molecule has 1 heterocycles. The van der Waals surface area contributed by atoms with E-state index in [0.29, 0.717) is 18.1 Å². The highest BCUT2D eigenvalue weighted by molar-refractivity contribution is 6.30. The van der Waals surface area contributed by atoms with E-state index in [1.165, 1.54) is 25.1 Å². The Morgan fingerprint density at radius 2 is 2.18 bits per heavy atom. The van der Waals surface area contributed by atoms with Crippen molar-refractivity contribution in [1.29, 1.82) is 0 Å². The van der Waals surface area contributed by atoms with Gasteiger partial charge in [0.05, 0.1) is 5.02 Å². The molecule has 0 spiro atoms. The van der Waals surface area contributed by atoms with E-state index < -0.39 is 5.82 Å². The Balaban J connectivity index is 2.01. The Hall–Kier alpha value is -0.870. The van der Waals surface area contributed by atoms with Gasteiger partial charge in [-0.25, -0.2) is 9.37 Å². The van der Waals surface area contributed by atoms with Crippen molar-refractivity contribution < 1.29 is 4.39 Å². The summed E-state index contributed by atoms with van der Waals surface area (Å²) in [5.74, 6) is -0.156. The first-order valence-corrected chi connectivity index (χ1v) is 6.28. The number of anilines is 1. The van der Waals surface area contributed by atoms with E-state index in [1.807, 2.05) is 0 Å². The molecule has 1 aromatic heterocycles. The van der Waals surface area contributed by atoms with Crippen LogP contribution in [0.1, 0.15) is 25.7 Å². The van der Waals surface area contributed by atoms with Crippen LogP contribution in [0.15, 0.2) is 12.3 Å². The second-order valence-corrected chi connectivity index (χ2v) is 5.19. The normalized spacial score (nSPS) is 18.3. The zero-order valence-corrected chi connectivity index (χ0v) is 10.4. The Morgan fingerprint density at radius 3 is 2.76 bits per heavy atom. The molecule has 0 atom stereocenters. The van der Waals surface area contributed by atoms with E-state index in [0.717, 1.165) is 12.8 Å². The van der Waals surface area contributed by atoms with Gasteiger partial charge < -0.3 is 11.1 Å². The van der Waals surface area contributed by atoms with Crippen molar-refractivity contribution >= 4 is 17.4 Å². The first-order chi connectivity index (χ1) is 8.15. The summed E-state index contributed by atoms with van der Waals surface area (Å²) in [7, 11) is 0. The van der Waals surface area contributed by atoms with Crippen LogP contribution in [-0.2, 0) is 0 Å². The number of nitrogens with zero attached hydrogens (tertiary/aromatic N) is 1. The molecule has 2 rings (SSSR count). The Bertz CT molecular complexity index is 391. The Morgan fingerprint density at radius 1 is 1.47 bits per heavy atom. The van der Waals surface area contributed by atoms with Crippen LogP contribution in [0.2, 0.25) is 5.02 Å². The van der Waals surface area contributed by atoms with Gasteiger partial charge in [0.2, 0.25) is 0 Å². The molecule has 1 aliphatic rings. The maximum atomic E-state index is 13.5. The third kappa shape index (κ3) is 2.87. The molecule has 5 heteroatoms. The summed E-state index contributed by atoms with van der Waals surface area (Å²) in [5, 5.41) is 3.36. The van der Waals surface area contributed by atoms with Crippen LogP contribution in [0, 0.1) is 11.2 Å². The summed E-state index contributed by atoms with van der Waals surface area (Å²) in [5.41, 5.74) is 5.92. The fraction of sp³-hybridized carbons (Fsp3) is 0.583. The SMILES string of the molecule is NCC1(CNc2ncc(Cl)cc2F)CCCC1. The zero-order chi connectivity index (χ0) is 12.3. The molecule has 1 aliphatic carbocycles. The number of hydrogen-bond acceptors (Lipinski definition) is 3. The van der Waals surface area contributed by atoms with Gasteiger partial charge >= 0.3 is 0 Å². The second-order valence-electron chi connectivity index (χ2n) is 4.75. The highest BCUT2D eigenvalue weighted by atomic mass is 35.5. The number of rotatable bonds is 4. The molecular weight excluding hydrogens is 241 g/mol. The molecule has 3 N–H and O–H groups in total. The molecular formula is C12H17ClFN3. The lowest BCUT2D eigenvalue weighted by Crippen LogP contribution is -2.35. The number of pyridine rings is 1. The minimum Gasteiger partial charge on any atom is -0.367 e. The predicted molar refractivity (Wildman–Crippen MR) is 67.7 cm³/mol. The van der Waals surface area contributed by atoms with E-state index in [2.05, 4.69) is 10.3 Å². The molecule has 1 fully saturated rings. The average Bonchev–Trinajstić information content (AvgIpc) is 2.77.